The second kappa shape index (κ2) is 3.62. The maximum atomic E-state index is 12.8. The molecular weight excluding hydrogens is 197 g/mol. The third kappa shape index (κ3) is 2.15. The van der Waals surface area contributed by atoms with Crippen LogP contribution in [0.4, 0.5) is 4.39 Å². The van der Waals surface area contributed by atoms with Crippen LogP contribution in [-0.2, 0) is 0 Å². The van der Waals surface area contributed by atoms with Crippen LogP contribution in [0.2, 0.25) is 0 Å². The summed E-state index contributed by atoms with van der Waals surface area (Å²) in [5.74, 6) is -0.766. The molecule has 2 rings (SSSR count). The van der Waals surface area contributed by atoms with Gasteiger partial charge in [-0.2, -0.15) is 0 Å². The fourth-order valence-electron chi connectivity index (χ4n) is 1.42. The van der Waals surface area contributed by atoms with Gasteiger partial charge in [-0.05, 0) is 31.0 Å². The van der Waals surface area contributed by atoms with Crippen LogP contribution in [0.3, 0.4) is 0 Å². The average molecular weight is 209 g/mol. The molecule has 0 saturated heterocycles. The lowest BCUT2D eigenvalue weighted by molar-refractivity contribution is 0.0906. The maximum Gasteiger partial charge on any atom is 0.251 e. The number of aliphatic hydroxyl groups is 1. The van der Waals surface area contributed by atoms with Gasteiger partial charge in [-0.15, -0.1) is 0 Å². The Morgan fingerprint density at radius 2 is 2.27 bits per heavy atom. The molecule has 15 heavy (non-hydrogen) atoms. The molecule has 0 aromatic heterocycles. The molecule has 3 nitrogen and oxygen atoms in total. The highest BCUT2D eigenvalue weighted by atomic mass is 19.1. The SMILES string of the molecule is O=C(NC1(CO)CC1)c1cccc(F)c1. The van der Waals surface area contributed by atoms with Gasteiger partial charge in [0, 0.05) is 5.56 Å². The van der Waals surface area contributed by atoms with E-state index < -0.39 is 11.4 Å². The summed E-state index contributed by atoms with van der Waals surface area (Å²) in [6.07, 6.45) is 1.56. The Kier molecular flexibility index (Phi) is 2.44. The van der Waals surface area contributed by atoms with Gasteiger partial charge in [0.25, 0.3) is 5.91 Å². The molecule has 1 amide bonds. The Labute approximate surface area is 86.9 Å². The molecule has 80 valence electrons. The number of rotatable bonds is 3. The first-order valence-corrected chi connectivity index (χ1v) is 4.84. The molecule has 1 saturated carbocycles. The molecule has 1 fully saturated rings. The van der Waals surface area contributed by atoms with Crippen molar-refractivity contribution < 1.29 is 14.3 Å². The highest BCUT2D eigenvalue weighted by Gasteiger charge is 2.43. The van der Waals surface area contributed by atoms with Crippen molar-refractivity contribution in [3.8, 4) is 0 Å². The zero-order chi connectivity index (χ0) is 10.9. The van der Waals surface area contributed by atoms with Crippen molar-refractivity contribution in [1.29, 1.82) is 0 Å². The van der Waals surface area contributed by atoms with Crippen LogP contribution < -0.4 is 5.32 Å². The summed E-state index contributed by atoms with van der Waals surface area (Å²) in [5, 5.41) is 11.7. The second-order valence-electron chi connectivity index (χ2n) is 3.90. The van der Waals surface area contributed by atoms with Crippen LogP contribution in [0, 0.1) is 5.82 Å². The van der Waals surface area contributed by atoms with E-state index in [2.05, 4.69) is 5.32 Å². The van der Waals surface area contributed by atoms with Crippen molar-refractivity contribution in [2.24, 2.45) is 0 Å². The summed E-state index contributed by atoms with van der Waals surface area (Å²) in [6.45, 7) is -0.0615. The molecular formula is C11H12FNO2. The van der Waals surface area contributed by atoms with Gasteiger partial charge in [0.05, 0.1) is 12.1 Å². The molecule has 1 aliphatic rings. The number of nitrogens with one attached hydrogen (secondary N) is 1. The number of benzene rings is 1. The monoisotopic (exact) mass is 209 g/mol. The zero-order valence-electron chi connectivity index (χ0n) is 8.16. The number of carbonyl (C=O) groups is 1. The van der Waals surface area contributed by atoms with Crippen LogP contribution >= 0.6 is 0 Å². The van der Waals surface area contributed by atoms with Crippen molar-refractivity contribution in [2.75, 3.05) is 6.61 Å². The quantitative estimate of drug-likeness (QED) is 0.782. The fraction of sp³-hybridized carbons (Fsp3) is 0.364. The number of amides is 1. The summed E-state index contributed by atoms with van der Waals surface area (Å²) in [5.41, 5.74) is -0.168. The molecule has 4 heteroatoms. The van der Waals surface area contributed by atoms with Crippen molar-refractivity contribution in [3.05, 3.63) is 35.6 Å². The number of hydrogen-bond acceptors (Lipinski definition) is 2. The van der Waals surface area contributed by atoms with E-state index in [0.29, 0.717) is 0 Å². The van der Waals surface area contributed by atoms with Crippen molar-refractivity contribution in [1.82, 2.24) is 5.32 Å². The summed E-state index contributed by atoms with van der Waals surface area (Å²) < 4.78 is 12.8. The zero-order valence-corrected chi connectivity index (χ0v) is 8.16. The van der Waals surface area contributed by atoms with Crippen molar-refractivity contribution >= 4 is 5.91 Å². The van der Waals surface area contributed by atoms with Gasteiger partial charge < -0.3 is 10.4 Å². The number of carbonyl (C=O) groups excluding carboxylic acids is 1. The van der Waals surface area contributed by atoms with Gasteiger partial charge in [0.1, 0.15) is 5.82 Å². The van der Waals surface area contributed by atoms with Crippen LogP contribution in [0.5, 0.6) is 0 Å². The molecule has 0 spiro atoms. The lowest BCUT2D eigenvalue weighted by atomic mass is 10.2. The standard InChI is InChI=1S/C11H12FNO2/c12-9-3-1-2-8(6-9)10(15)13-11(7-14)4-5-11/h1-3,6,14H,4-5,7H2,(H,13,15). The van der Waals surface area contributed by atoms with E-state index in [9.17, 15) is 9.18 Å². The third-order valence-electron chi connectivity index (χ3n) is 2.62. The molecule has 0 atom stereocenters. The molecule has 0 unspecified atom stereocenters. The molecule has 1 aromatic carbocycles. The first-order valence-electron chi connectivity index (χ1n) is 4.84. The predicted octanol–water partition coefficient (Wildman–Crippen LogP) is 1.08. The molecule has 0 radical (unpaired) electrons. The van der Waals surface area contributed by atoms with E-state index >= 15 is 0 Å². The van der Waals surface area contributed by atoms with Crippen LogP contribution in [0.15, 0.2) is 24.3 Å². The van der Waals surface area contributed by atoms with E-state index in [0.717, 1.165) is 12.8 Å². The minimum atomic E-state index is -0.455. The molecule has 0 aliphatic heterocycles. The van der Waals surface area contributed by atoms with Gasteiger partial charge in [-0.1, -0.05) is 6.07 Å². The minimum Gasteiger partial charge on any atom is -0.394 e. The smallest absolute Gasteiger partial charge is 0.251 e. The summed E-state index contributed by atoms with van der Waals surface area (Å²) >= 11 is 0. The van der Waals surface area contributed by atoms with E-state index in [-0.39, 0.29) is 18.1 Å². The highest BCUT2D eigenvalue weighted by molar-refractivity contribution is 5.94. The predicted molar refractivity (Wildman–Crippen MR) is 52.9 cm³/mol. The van der Waals surface area contributed by atoms with Gasteiger partial charge in [0.2, 0.25) is 0 Å². The number of hydrogen-bond donors (Lipinski definition) is 2. The van der Waals surface area contributed by atoms with Crippen LogP contribution in [0.25, 0.3) is 0 Å². The molecule has 1 aromatic rings. The maximum absolute atomic E-state index is 12.8. The van der Waals surface area contributed by atoms with E-state index in [1.807, 2.05) is 0 Å². The largest absolute Gasteiger partial charge is 0.394 e. The highest BCUT2D eigenvalue weighted by Crippen LogP contribution is 2.34. The third-order valence-corrected chi connectivity index (χ3v) is 2.62. The van der Waals surface area contributed by atoms with E-state index in [1.165, 1.54) is 18.2 Å². The lowest BCUT2D eigenvalue weighted by Crippen LogP contribution is -2.39. The second-order valence-corrected chi connectivity index (χ2v) is 3.90. The molecule has 0 heterocycles. The Hall–Kier alpha value is -1.42. The first-order chi connectivity index (χ1) is 7.15. The van der Waals surface area contributed by atoms with Crippen molar-refractivity contribution in [2.45, 2.75) is 18.4 Å². The van der Waals surface area contributed by atoms with Gasteiger partial charge >= 0.3 is 0 Å². The van der Waals surface area contributed by atoms with Crippen molar-refractivity contribution in [3.63, 3.8) is 0 Å². The van der Waals surface area contributed by atoms with Crippen LogP contribution in [-0.4, -0.2) is 23.2 Å². The Balaban J connectivity index is 2.08. The van der Waals surface area contributed by atoms with E-state index in [4.69, 9.17) is 5.11 Å². The summed E-state index contributed by atoms with van der Waals surface area (Å²) in [6, 6.07) is 5.51. The minimum absolute atomic E-state index is 0.0615. The van der Waals surface area contributed by atoms with Gasteiger partial charge in [0.15, 0.2) is 0 Å². The normalized spacial score (nSPS) is 17.2. The fourth-order valence-corrected chi connectivity index (χ4v) is 1.42. The molecule has 0 bridgehead atoms. The first kappa shape index (κ1) is 10.1. The summed E-state index contributed by atoms with van der Waals surface area (Å²) in [4.78, 5) is 11.6. The van der Waals surface area contributed by atoms with Gasteiger partial charge in [-0.3, -0.25) is 4.79 Å². The molecule has 2 N–H and O–H groups in total. The van der Waals surface area contributed by atoms with Crippen LogP contribution in [0.1, 0.15) is 23.2 Å². The number of halogens is 1. The average Bonchev–Trinajstić information content (AvgIpc) is 2.98. The topological polar surface area (TPSA) is 49.3 Å². The Morgan fingerprint density at radius 1 is 1.53 bits per heavy atom. The lowest BCUT2D eigenvalue weighted by Gasteiger charge is -2.13. The Bertz CT molecular complexity index is 388. The summed E-state index contributed by atoms with van der Waals surface area (Å²) in [7, 11) is 0. The molecule has 1 aliphatic carbocycles. The van der Waals surface area contributed by atoms with Gasteiger partial charge in [-0.25, -0.2) is 4.39 Å². The van der Waals surface area contributed by atoms with E-state index in [1.54, 1.807) is 6.07 Å². The Morgan fingerprint density at radius 3 is 2.80 bits per heavy atom. The number of aliphatic hydroxyl groups excluding tert-OH is 1.